The van der Waals surface area contributed by atoms with Gasteiger partial charge in [-0.25, -0.2) is 0 Å². The molecule has 0 atom stereocenters. The molecule has 4 rings (SSSR count). The third-order valence-electron chi connectivity index (χ3n) is 5.18. The average molecular weight is 366 g/mol. The molecule has 1 aromatic carbocycles. The SMILES string of the molecule is Cc1ccc2cc(CN(C(=O)c3cccs3)C3CCCC3)c(=O)[nH]c2c1. The molecule has 0 radical (unpaired) electrons. The van der Waals surface area contributed by atoms with Crippen LogP contribution in [-0.4, -0.2) is 21.8 Å². The van der Waals surface area contributed by atoms with Gasteiger partial charge in [-0.1, -0.05) is 31.0 Å². The minimum atomic E-state index is -0.106. The summed E-state index contributed by atoms with van der Waals surface area (Å²) in [7, 11) is 0. The van der Waals surface area contributed by atoms with Crippen LogP contribution in [0.2, 0.25) is 0 Å². The van der Waals surface area contributed by atoms with Gasteiger partial charge in [-0.05, 0) is 54.3 Å². The Hall–Kier alpha value is -2.40. The Balaban J connectivity index is 1.70. The molecule has 5 heteroatoms. The van der Waals surface area contributed by atoms with Crippen molar-refractivity contribution < 1.29 is 4.79 Å². The van der Waals surface area contributed by atoms with Crippen LogP contribution < -0.4 is 5.56 Å². The van der Waals surface area contributed by atoms with Crippen LogP contribution in [0.4, 0.5) is 0 Å². The molecule has 0 spiro atoms. The molecule has 0 unspecified atom stereocenters. The zero-order valence-corrected chi connectivity index (χ0v) is 15.6. The Bertz CT molecular complexity index is 985. The zero-order valence-electron chi connectivity index (χ0n) is 14.8. The van der Waals surface area contributed by atoms with Gasteiger partial charge in [-0.3, -0.25) is 9.59 Å². The molecule has 3 aromatic rings. The normalized spacial score (nSPS) is 14.8. The van der Waals surface area contributed by atoms with E-state index in [2.05, 4.69) is 4.98 Å². The van der Waals surface area contributed by atoms with Crippen LogP contribution in [-0.2, 0) is 6.54 Å². The van der Waals surface area contributed by atoms with Crippen LogP contribution >= 0.6 is 11.3 Å². The van der Waals surface area contributed by atoms with Gasteiger partial charge in [0.1, 0.15) is 0 Å². The van der Waals surface area contributed by atoms with Crippen LogP contribution in [0.1, 0.15) is 46.5 Å². The van der Waals surface area contributed by atoms with Crippen molar-refractivity contribution in [1.82, 2.24) is 9.88 Å². The molecule has 2 heterocycles. The molecule has 1 N–H and O–H groups in total. The number of amides is 1. The summed E-state index contributed by atoms with van der Waals surface area (Å²) < 4.78 is 0. The van der Waals surface area contributed by atoms with Gasteiger partial charge in [0.05, 0.1) is 11.4 Å². The van der Waals surface area contributed by atoms with E-state index in [9.17, 15) is 9.59 Å². The highest BCUT2D eigenvalue weighted by atomic mass is 32.1. The number of pyridine rings is 1. The third-order valence-corrected chi connectivity index (χ3v) is 6.04. The third kappa shape index (κ3) is 3.31. The maximum atomic E-state index is 13.0. The molecule has 1 aliphatic rings. The van der Waals surface area contributed by atoms with Gasteiger partial charge < -0.3 is 9.88 Å². The van der Waals surface area contributed by atoms with E-state index in [1.165, 1.54) is 11.3 Å². The van der Waals surface area contributed by atoms with E-state index >= 15 is 0 Å². The summed E-state index contributed by atoms with van der Waals surface area (Å²) in [5.41, 5.74) is 2.50. The number of thiophene rings is 1. The van der Waals surface area contributed by atoms with Crippen molar-refractivity contribution in [3.63, 3.8) is 0 Å². The number of carbonyl (C=O) groups is 1. The van der Waals surface area contributed by atoms with Crippen LogP contribution in [0, 0.1) is 6.92 Å². The van der Waals surface area contributed by atoms with Crippen LogP contribution in [0.15, 0.2) is 46.6 Å². The van der Waals surface area contributed by atoms with E-state index in [0.717, 1.165) is 47.0 Å². The van der Waals surface area contributed by atoms with E-state index in [4.69, 9.17) is 0 Å². The smallest absolute Gasteiger partial charge is 0.264 e. The molecule has 1 fully saturated rings. The fourth-order valence-electron chi connectivity index (χ4n) is 3.79. The zero-order chi connectivity index (χ0) is 18.1. The van der Waals surface area contributed by atoms with Gasteiger partial charge in [0, 0.05) is 17.1 Å². The molecule has 0 aliphatic heterocycles. The van der Waals surface area contributed by atoms with Gasteiger partial charge in [0.15, 0.2) is 0 Å². The number of nitrogens with zero attached hydrogens (tertiary/aromatic N) is 1. The minimum absolute atomic E-state index is 0.0373. The van der Waals surface area contributed by atoms with E-state index in [1.54, 1.807) is 0 Å². The lowest BCUT2D eigenvalue weighted by Gasteiger charge is -2.28. The molecule has 26 heavy (non-hydrogen) atoms. The Labute approximate surface area is 156 Å². The van der Waals surface area contributed by atoms with Gasteiger partial charge in [0.25, 0.3) is 11.5 Å². The van der Waals surface area contributed by atoms with Crippen molar-refractivity contribution in [2.75, 3.05) is 0 Å². The number of nitrogens with one attached hydrogen (secondary N) is 1. The molecule has 134 valence electrons. The van der Waals surface area contributed by atoms with Crippen LogP contribution in [0.5, 0.6) is 0 Å². The lowest BCUT2D eigenvalue weighted by atomic mass is 10.1. The van der Waals surface area contributed by atoms with Crippen LogP contribution in [0.25, 0.3) is 10.9 Å². The van der Waals surface area contributed by atoms with E-state index in [-0.39, 0.29) is 17.5 Å². The van der Waals surface area contributed by atoms with Crippen molar-refractivity contribution in [1.29, 1.82) is 0 Å². The summed E-state index contributed by atoms with van der Waals surface area (Å²) in [6.45, 7) is 2.37. The summed E-state index contributed by atoms with van der Waals surface area (Å²) in [6, 6.07) is 11.9. The highest BCUT2D eigenvalue weighted by molar-refractivity contribution is 7.12. The summed E-state index contributed by atoms with van der Waals surface area (Å²) >= 11 is 1.46. The molecule has 0 saturated heterocycles. The Morgan fingerprint density at radius 1 is 1.23 bits per heavy atom. The van der Waals surface area contributed by atoms with Gasteiger partial charge in [0.2, 0.25) is 0 Å². The van der Waals surface area contributed by atoms with Crippen molar-refractivity contribution in [3.8, 4) is 0 Å². The summed E-state index contributed by atoms with van der Waals surface area (Å²) in [5, 5.41) is 2.92. The van der Waals surface area contributed by atoms with Crippen molar-refractivity contribution >= 4 is 28.1 Å². The van der Waals surface area contributed by atoms with Crippen molar-refractivity contribution in [2.24, 2.45) is 0 Å². The first-order valence-electron chi connectivity index (χ1n) is 9.09. The molecule has 1 amide bonds. The fourth-order valence-corrected chi connectivity index (χ4v) is 4.46. The first-order chi connectivity index (χ1) is 12.6. The molecular formula is C21H22N2O2S. The number of hydrogen-bond donors (Lipinski definition) is 1. The number of aromatic nitrogens is 1. The monoisotopic (exact) mass is 366 g/mol. The largest absolute Gasteiger partial charge is 0.330 e. The Kier molecular flexibility index (Phi) is 4.64. The molecule has 4 nitrogen and oxygen atoms in total. The predicted molar refractivity (Wildman–Crippen MR) is 106 cm³/mol. The summed E-state index contributed by atoms with van der Waals surface area (Å²) in [6.07, 6.45) is 4.32. The number of aromatic amines is 1. The summed E-state index contributed by atoms with van der Waals surface area (Å²) in [4.78, 5) is 31.3. The molecule has 1 saturated carbocycles. The first-order valence-corrected chi connectivity index (χ1v) is 9.97. The number of hydrogen-bond acceptors (Lipinski definition) is 3. The topological polar surface area (TPSA) is 53.2 Å². The lowest BCUT2D eigenvalue weighted by molar-refractivity contribution is 0.0669. The second kappa shape index (κ2) is 7.08. The highest BCUT2D eigenvalue weighted by Gasteiger charge is 2.28. The standard InChI is InChI=1S/C21H22N2O2S/c1-14-8-9-15-12-16(20(24)22-18(15)11-14)13-23(17-5-2-3-6-17)21(25)19-7-4-10-26-19/h4,7-12,17H,2-3,5-6,13H2,1H3,(H,22,24). The number of rotatable bonds is 4. The number of fused-ring (bicyclic) bond motifs is 1. The molecule has 1 aliphatic carbocycles. The maximum Gasteiger partial charge on any atom is 0.264 e. The van der Waals surface area contributed by atoms with Gasteiger partial charge in [-0.15, -0.1) is 11.3 Å². The van der Waals surface area contributed by atoms with Gasteiger partial charge in [-0.2, -0.15) is 0 Å². The number of carbonyl (C=O) groups excluding carboxylic acids is 1. The van der Waals surface area contributed by atoms with E-state index < -0.39 is 0 Å². The highest BCUT2D eigenvalue weighted by Crippen LogP contribution is 2.27. The predicted octanol–water partition coefficient (Wildman–Crippen LogP) is 4.48. The van der Waals surface area contributed by atoms with E-state index in [0.29, 0.717) is 12.1 Å². The lowest BCUT2D eigenvalue weighted by Crippen LogP contribution is -2.39. The minimum Gasteiger partial charge on any atom is -0.330 e. The molecule has 0 bridgehead atoms. The second-order valence-corrected chi connectivity index (χ2v) is 8.01. The quantitative estimate of drug-likeness (QED) is 0.740. The van der Waals surface area contributed by atoms with Gasteiger partial charge >= 0.3 is 0 Å². The van der Waals surface area contributed by atoms with Crippen molar-refractivity contribution in [2.45, 2.75) is 45.2 Å². The molecular weight excluding hydrogens is 344 g/mol. The van der Waals surface area contributed by atoms with E-state index in [1.807, 2.05) is 53.6 Å². The first kappa shape index (κ1) is 17.0. The fraction of sp³-hybridized carbons (Fsp3) is 0.333. The average Bonchev–Trinajstić information content (AvgIpc) is 3.33. The molecule has 2 aromatic heterocycles. The number of benzene rings is 1. The number of aryl methyl sites for hydroxylation is 1. The maximum absolute atomic E-state index is 13.0. The Morgan fingerprint density at radius 2 is 2.04 bits per heavy atom. The second-order valence-electron chi connectivity index (χ2n) is 7.06. The number of H-pyrrole nitrogens is 1. The van der Waals surface area contributed by atoms with Crippen LogP contribution in [0.3, 0.4) is 0 Å². The summed E-state index contributed by atoms with van der Waals surface area (Å²) in [5.74, 6) is 0.0373. The van der Waals surface area contributed by atoms with Crippen molar-refractivity contribution in [3.05, 3.63) is 68.1 Å². The Morgan fingerprint density at radius 3 is 2.77 bits per heavy atom.